The second kappa shape index (κ2) is 21.9. The van der Waals surface area contributed by atoms with Crippen molar-refractivity contribution >= 4 is 11.9 Å². The van der Waals surface area contributed by atoms with Gasteiger partial charge >= 0.3 is 11.9 Å². The Kier molecular flexibility index (Phi) is 20.9. The number of rotatable bonds is 22. The molecule has 1 atom stereocenters. The first kappa shape index (κ1) is 29.6. The van der Waals surface area contributed by atoms with Gasteiger partial charge in [-0.3, -0.25) is 4.79 Å². The minimum Gasteiger partial charge on any atom is -0.478 e. The van der Waals surface area contributed by atoms with E-state index in [9.17, 15) is 14.7 Å². The smallest absolute Gasteiger partial charge is 0.331 e. The van der Waals surface area contributed by atoms with Crippen molar-refractivity contribution in [2.24, 2.45) is 0 Å². The van der Waals surface area contributed by atoms with E-state index in [4.69, 9.17) is 9.84 Å². The fourth-order valence-electron chi connectivity index (χ4n) is 3.72. The molecule has 0 aromatic rings. The van der Waals surface area contributed by atoms with Crippen LogP contribution in [0.3, 0.4) is 0 Å². The van der Waals surface area contributed by atoms with Gasteiger partial charge in [0.05, 0.1) is 18.6 Å². The third-order valence-electron chi connectivity index (χ3n) is 5.60. The van der Waals surface area contributed by atoms with Crippen LogP contribution in [0.1, 0.15) is 136 Å². The minimum absolute atomic E-state index is 0.0804. The zero-order chi connectivity index (χ0) is 23.2. The Labute approximate surface area is 190 Å². The molecular weight excluding hydrogens is 392 g/mol. The van der Waals surface area contributed by atoms with Crippen LogP contribution in [-0.4, -0.2) is 28.3 Å². The molecule has 0 aromatic heterocycles. The number of hydrogen-bond donors (Lipinski definition) is 2. The number of carbonyl (C=O) groups is 2. The van der Waals surface area contributed by atoms with Crippen molar-refractivity contribution in [2.75, 3.05) is 0 Å². The lowest BCUT2D eigenvalue weighted by atomic mass is 10.0. The summed E-state index contributed by atoms with van der Waals surface area (Å²) in [6.07, 6.45) is 20.0. The molecule has 182 valence electrons. The summed E-state index contributed by atoms with van der Waals surface area (Å²) in [5, 5.41) is 19.0. The molecule has 0 aliphatic carbocycles. The van der Waals surface area contributed by atoms with E-state index >= 15 is 0 Å². The van der Waals surface area contributed by atoms with Crippen molar-refractivity contribution in [3.8, 4) is 0 Å². The Morgan fingerprint density at radius 3 is 1.68 bits per heavy atom. The van der Waals surface area contributed by atoms with Crippen LogP contribution in [0.25, 0.3) is 0 Å². The zero-order valence-corrected chi connectivity index (χ0v) is 20.2. The first-order chi connectivity index (χ1) is 15.0. The monoisotopic (exact) mass is 440 g/mol. The van der Waals surface area contributed by atoms with E-state index in [-0.39, 0.29) is 12.2 Å². The molecule has 0 saturated carbocycles. The van der Waals surface area contributed by atoms with Crippen molar-refractivity contribution < 1.29 is 24.5 Å². The summed E-state index contributed by atoms with van der Waals surface area (Å²) in [5.41, 5.74) is 0. The summed E-state index contributed by atoms with van der Waals surface area (Å²) in [6.45, 7) is 4.39. The number of unbranched alkanes of at least 4 members (excludes halogenated alkanes) is 14. The highest BCUT2D eigenvalue weighted by atomic mass is 16.5. The Balaban J connectivity index is 3.95. The lowest BCUT2D eigenvalue weighted by Gasteiger charge is -2.12. The molecule has 0 heterocycles. The van der Waals surface area contributed by atoms with Crippen molar-refractivity contribution in [1.29, 1.82) is 0 Å². The molecule has 0 radical (unpaired) electrons. The Morgan fingerprint density at radius 1 is 0.742 bits per heavy atom. The molecule has 0 aromatic carbocycles. The molecule has 0 fully saturated rings. The number of aliphatic hydroxyl groups excluding tert-OH is 1. The number of carboxylic acid groups (broad SMARTS) is 1. The highest BCUT2D eigenvalue weighted by Crippen LogP contribution is 2.16. The second-order valence-corrected chi connectivity index (χ2v) is 8.77. The van der Waals surface area contributed by atoms with Gasteiger partial charge in [-0.1, -0.05) is 110 Å². The summed E-state index contributed by atoms with van der Waals surface area (Å²) in [5.74, 6) is -1.46. The third-order valence-corrected chi connectivity index (χ3v) is 5.60. The lowest BCUT2D eigenvalue weighted by molar-refractivity contribution is -0.142. The molecule has 5 nitrogen and oxygen atoms in total. The summed E-state index contributed by atoms with van der Waals surface area (Å²) < 4.78 is 5.25. The first-order valence-corrected chi connectivity index (χ1v) is 12.8. The van der Waals surface area contributed by atoms with Crippen molar-refractivity contribution in [3.05, 3.63) is 11.8 Å². The van der Waals surface area contributed by atoms with Gasteiger partial charge in [0.2, 0.25) is 0 Å². The topological polar surface area (TPSA) is 83.8 Å². The molecule has 0 aliphatic heterocycles. The number of hydrogen-bond acceptors (Lipinski definition) is 4. The normalized spacial score (nSPS) is 12.7. The number of carboxylic acids is 1. The molecule has 0 amide bonds. The molecule has 0 spiro atoms. The van der Waals surface area contributed by atoms with Crippen LogP contribution in [0.2, 0.25) is 0 Å². The average Bonchev–Trinajstić information content (AvgIpc) is 2.71. The van der Waals surface area contributed by atoms with Gasteiger partial charge in [-0.05, 0) is 12.8 Å². The van der Waals surface area contributed by atoms with E-state index in [0.29, 0.717) is 12.8 Å². The number of carbonyl (C=O) groups excluding carboxylic acids is 1. The second-order valence-electron chi connectivity index (χ2n) is 8.77. The average molecular weight is 441 g/mol. The van der Waals surface area contributed by atoms with Crippen LogP contribution in [0.15, 0.2) is 11.8 Å². The van der Waals surface area contributed by atoms with Crippen molar-refractivity contribution in [2.45, 2.75) is 142 Å². The van der Waals surface area contributed by atoms with Gasteiger partial charge in [-0.25, -0.2) is 4.79 Å². The van der Waals surface area contributed by atoms with Crippen LogP contribution >= 0.6 is 0 Å². The van der Waals surface area contributed by atoms with Gasteiger partial charge in [0.25, 0.3) is 0 Å². The van der Waals surface area contributed by atoms with E-state index in [0.717, 1.165) is 44.6 Å². The summed E-state index contributed by atoms with van der Waals surface area (Å²) in [6, 6.07) is 0. The fourth-order valence-corrected chi connectivity index (χ4v) is 3.72. The van der Waals surface area contributed by atoms with Gasteiger partial charge in [0.15, 0.2) is 0 Å². The molecule has 1 unspecified atom stereocenters. The molecule has 31 heavy (non-hydrogen) atoms. The Hall–Kier alpha value is -1.36. The van der Waals surface area contributed by atoms with Gasteiger partial charge in [-0.2, -0.15) is 0 Å². The maximum atomic E-state index is 12.1. The van der Waals surface area contributed by atoms with Gasteiger partial charge in [0.1, 0.15) is 5.76 Å². The van der Waals surface area contributed by atoms with Gasteiger partial charge in [-0.15, -0.1) is 0 Å². The largest absolute Gasteiger partial charge is 0.478 e. The van der Waals surface area contributed by atoms with Crippen LogP contribution in [-0.2, 0) is 14.3 Å². The molecular formula is C26H48O5. The van der Waals surface area contributed by atoms with Gasteiger partial charge in [0, 0.05) is 6.42 Å². The molecule has 5 heteroatoms. The zero-order valence-electron chi connectivity index (χ0n) is 20.2. The maximum Gasteiger partial charge on any atom is 0.331 e. The maximum absolute atomic E-state index is 12.1. The first-order valence-electron chi connectivity index (χ1n) is 12.8. The summed E-state index contributed by atoms with van der Waals surface area (Å²) >= 11 is 0. The number of aliphatic carboxylic acids is 1. The van der Waals surface area contributed by atoms with Crippen molar-refractivity contribution in [3.63, 3.8) is 0 Å². The predicted octanol–water partition coefficient (Wildman–Crippen LogP) is 7.31. The fraction of sp³-hybridized carbons (Fsp3) is 0.846. The van der Waals surface area contributed by atoms with E-state index in [1.54, 1.807) is 0 Å². The predicted molar refractivity (Wildman–Crippen MR) is 127 cm³/mol. The molecule has 0 rings (SSSR count). The van der Waals surface area contributed by atoms with Crippen LogP contribution in [0.4, 0.5) is 0 Å². The van der Waals surface area contributed by atoms with E-state index in [1.807, 2.05) is 0 Å². The SMILES string of the molecule is CCCCCCCCCCCCCC(=CC(=O)O)OC(=O)CC(O)CCCCCCC. The van der Waals surface area contributed by atoms with E-state index in [1.165, 1.54) is 64.2 Å². The van der Waals surface area contributed by atoms with Crippen LogP contribution in [0.5, 0.6) is 0 Å². The van der Waals surface area contributed by atoms with Crippen LogP contribution < -0.4 is 0 Å². The molecule has 0 bridgehead atoms. The number of ether oxygens (including phenoxy) is 1. The number of esters is 1. The third kappa shape index (κ3) is 21.7. The standard InChI is InChI=1S/C26H48O5/c1-3-5-7-9-10-11-12-13-14-16-18-20-24(22-25(28)29)31-26(30)21-23(27)19-17-15-8-6-4-2/h22-23,27H,3-21H2,1-2H3,(H,28,29). The lowest BCUT2D eigenvalue weighted by Crippen LogP contribution is -2.16. The van der Waals surface area contributed by atoms with E-state index < -0.39 is 18.0 Å². The highest BCUT2D eigenvalue weighted by Gasteiger charge is 2.14. The highest BCUT2D eigenvalue weighted by molar-refractivity contribution is 5.81. The van der Waals surface area contributed by atoms with Crippen molar-refractivity contribution in [1.82, 2.24) is 0 Å². The number of allylic oxidation sites excluding steroid dienone is 1. The minimum atomic E-state index is -1.11. The quantitative estimate of drug-likeness (QED) is 0.0798. The number of aliphatic hydroxyl groups is 1. The molecule has 0 saturated heterocycles. The summed E-state index contributed by atoms with van der Waals surface area (Å²) in [4.78, 5) is 23.1. The van der Waals surface area contributed by atoms with E-state index in [2.05, 4.69) is 13.8 Å². The summed E-state index contributed by atoms with van der Waals surface area (Å²) in [7, 11) is 0. The Bertz CT molecular complexity index is 472. The van der Waals surface area contributed by atoms with Gasteiger partial charge < -0.3 is 14.9 Å². The molecule has 0 aliphatic rings. The molecule has 2 N–H and O–H groups in total. The van der Waals surface area contributed by atoms with Crippen LogP contribution in [0, 0.1) is 0 Å². The Morgan fingerprint density at radius 2 is 1.19 bits per heavy atom.